The molecular weight excluding hydrogens is 316 g/mol. The Bertz CT molecular complexity index is 368. The number of nitrogens with zero attached hydrogens (tertiary/aromatic N) is 2. The first-order valence-corrected chi connectivity index (χ1v) is 8.40. The maximum atomic E-state index is 5.31. The van der Waals surface area contributed by atoms with Crippen molar-refractivity contribution in [3.8, 4) is 0 Å². The average molecular weight is 345 g/mol. The molecule has 0 saturated heterocycles. The second-order valence-electron chi connectivity index (χ2n) is 5.27. The van der Waals surface area contributed by atoms with Gasteiger partial charge in [-0.2, -0.15) is 10.2 Å². The lowest BCUT2D eigenvalue weighted by Crippen LogP contribution is -2.25. The van der Waals surface area contributed by atoms with Crippen molar-refractivity contribution in [1.82, 2.24) is 10.9 Å². The number of rotatable bonds is 11. The summed E-state index contributed by atoms with van der Waals surface area (Å²) >= 11 is 9.38. The minimum absolute atomic E-state index is 0.210. The fourth-order valence-electron chi connectivity index (χ4n) is 1.88. The van der Waals surface area contributed by atoms with Gasteiger partial charge in [0.15, 0.2) is 10.2 Å². The molecule has 0 spiro atoms. The van der Waals surface area contributed by atoms with Crippen LogP contribution in [0.25, 0.3) is 0 Å². The predicted octanol–water partition coefficient (Wildman–Crippen LogP) is 2.53. The van der Waals surface area contributed by atoms with E-state index in [0.29, 0.717) is 0 Å². The first-order chi connectivity index (χ1) is 10.4. The van der Waals surface area contributed by atoms with Crippen molar-refractivity contribution in [2.75, 3.05) is 0 Å². The fraction of sp³-hybridized carbons (Fsp3) is 0.714. The summed E-state index contributed by atoms with van der Waals surface area (Å²) in [5, 5.41) is 8.59. The van der Waals surface area contributed by atoms with Crippen LogP contribution in [-0.2, 0) is 0 Å². The molecule has 0 radical (unpaired) electrons. The smallest absolute Gasteiger partial charge is 0.184 e. The van der Waals surface area contributed by atoms with Gasteiger partial charge in [0, 0.05) is 11.4 Å². The second kappa shape index (κ2) is 13.4. The van der Waals surface area contributed by atoms with Gasteiger partial charge in [-0.25, -0.2) is 0 Å². The summed E-state index contributed by atoms with van der Waals surface area (Å²) in [5.74, 6) is 0. The summed E-state index contributed by atoms with van der Waals surface area (Å²) in [6.45, 7) is 3.96. The van der Waals surface area contributed by atoms with E-state index in [1.54, 1.807) is 0 Å². The zero-order valence-corrected chi connectivity index (χ0v) is 15.2. The Morgan fingerprint density at radius 1 is 0.727 bits per heavy atom. The van der Waals surface area contributed by atoms with Gasteiger partial charge in [-0.05, 0) is 64.0 Å². The Kier molecular flexibility index (Phi) is 12.6. The van der Waals surface area contributed by atoms with E-state index in [1.807, 2.05) is 13.8 Å². The second-order valence-corrected chi connectivity index (χ2v) is 6.15. The molecule has 0 heterocycles. The molecule has 0 fully saturated rings. The molecule has 8 heteroatoms. The third kappa shape index (κ3) is 15.1. The summed E-state index contributed by atoms with van der Waals surface area (Å²) in [6.07, 6.45) is 9.18. The van der Waals surface area contributed by atoms with Crippen LogP contribution in [0.4, 0.5) is 0 Å². The molecule has 0 saturated carbocycles. The van der Waals surface area contributed by atoms with Gasteiger partial charge in [-0.3, -0.25) is 10.9 Å². The number of thiocarbonyl (C=S) groups is 2. The highest BCUT2D eigenvalue weighted by Gasteiger charge is 1.96. The van der Waals surface area contributed by atoms with Crippen molar-refractivity contribution in [3.63, 3.8) is 0 Å². The third-order valence-electron chi connectivity index (χ3n) is 3.04. The molecule has 126 valence electrons. The number of hydrazone groups is 2. The van der Waals surface area contributed by atoms with Crippen molar-refractivity contribution in [2.45, 2.75) is 65.2 Å². The van der Waals surface area contributed by atoms with Gasteiger partial charge in [0.05, 0.1) is 0 Å². The van der Waals surface area contributed by atoms with Crippen LogP contribution in [0.5, 0.6) is 0 Å². The summed E-state index contributed by atoms with van der Waals surface area (Å²) < 4.78 is 0. The summed E-state index contributed by atoms with van der Waals surface area (Å²) in [5.41, 5.74) is 17.9. The normalized spacial score (nSPS) is 12.1. The average Bonchev–Trinajstić information content (AvgIpc) is 2.45. The van der Waals surface area contributed by atoms with Gasteiger partial charge >= 0.3 is 0 Å². The highest BCUT2D eigenvalue weighted by Crippen LogP contribution is 2.09. The molecule has 0 aliphatic carbocycles. The van der Waals surface area contributed by atoms with E-state index < -0.39 is 0 Å². The van der Waals surface area contributed by atoms with Gasteiger partial charge in [0.2, 0.25) is 0 Å². The quantitative estimate of drug-likeness (QED) is 0.199. The molecule has 0 aromatic rings. The van der Waals surface area contributed by atoms with Gasteiger partial charge in [0.1, 0.15) is 0 Å². The van der Waals surface area contributed by atoms with E-state index in [2.05, 4.69) is 21.1 Å². The molecule has 0 atom stereocenters. The molecule has 0 amide bonds. The van der Waals surface area contributed by atoms with Crippen LogP contribution in [0.2, 0.25) is 0 Å². The van der Waals surface area contributed by atoms with Crippen LogP contribution in [0.15, 0.2) is 10.2 Å². The maximum absolute atomic E-state index is 5.31. The lowest BCUT2D eigenvalue weighted by molar-refractivity contribution is 0.606. The molecule has 0 aromatic carbocycles. The molecule has 0 aliphatic heterocycles. The Morgan fingerprint density at radius 2 is 1.05 bits per heavy atom. The predicted molar refractivity (Wildman–Crippen MR) is 103 cm³/mol. The van der Waals surface area contributed by atoms with Crippen LogP contribution < -0.4 is 22.3 Å². The number of nitrogens with two attached hydrogens (primary N) is 2. The number of nitrogens with one attached hydrogen (secondary N) is 2. The number of hydrogen-bond acceptors (Lipinski definition) is 4. The Morgan fingerprint density at radius 3 is 1.36 bits per heavy atom. The Labute approximate surface area is 144 Å². The molecule has 0 unspecified atom stereocenters. The molecule has 0 rings (SSSR count). The highest BCUT2D eigenvalue weighted by molar-refractivity contribution is 7.80. The molecule has 6 nitrogen and oxygen atoms in total. The fourth-order valence-corrected chi connectivity index (χ4v) is 1.97. The van der Waals surface area contributed by atoms with Crippen LogP contribution in [0.1, 0.15) is 65.2 Å². The van der Waals surface area contributed by atoms with E-state index in [1.165, 1.54) is 25.7 Å². The highest BCUT2D eigenvalue weighted by atomic mass is 32.1. The molecular formula is C14H28N6S2. The first-order valence-electron chi connectivity index (χ1n) is 7.59. The number of unbranched alkanes of at least 4 members (excludes halogenated alkanes) is 5. The standard InChI is InChI=1S/C14H28N6S2/c1-11(17-19-13(15)21)9-7-5-3-4-6-8-10-12(2)18-20-14(16)22/h3-10H2,1-2H3,(H3,15,19,21)(H3,16,20,22)/b17-11+,18-12+. The van der Waals surface area contributed by atoms with Crippen LogP contribution in [0, 0.1) is 0 Å². The lowest BCUT2D eigenvalue weighted by Gasteiger charge is -2.04. The van der Waals surface area contributed by atoms with Gasteiger partial charge in [-0.1, -0.05) is 25.7 Å². The molecule has 0 bridgehead atoms. The van der Waals surface area contributed by atoms with Crippen LogP contribution in [-0.4, -0.2) is 21.6 Å². The van der Waals surface area contributed by atoms with Crippen LogP contribution in [0.3, 0.4) is 0 Å². The van der Waals surface area contributed by atoms with Gasteiger partial charge in [-0.15, -0.1) is 0 Å². The maximum Gasteiger partial charge on any atom is 0.184 e. The monoisotopic (exact) mass is 344 g/mol. The summed E-state index contributed by atoms with van der Waals surface area (Å²) in [7, 11) is 0. The third-order valence-corrected chi connectivity index (χ3v) is 3.22. The Balaban J connectivity index is 3.47. The topological polar surface area (TPSA) is 101 Å². The SMILES string of the molecule is C/C(CCCCCCCC/C(C)=N/NC(N)=S)=N\NC(N)=S. The first kappa shape index (κ1) is 20.7. The molecule has 6 N–H and O–H groups in total. The van der Waals surface area contributed by atoms with Crippen molar-refractivity contribution in [1.29, 1.82) is 0 Å². The van der Waals surface area contributed by atoms with E-state index in [0.717, 1.165) is 37.1 Å². The molecule has 22 heavy (non-hydrogen) atoms. The van der Waals surface area contributed by atoms with Gasteiger partial charge < -0.3 is 11.5 Å². The van der Waals surface area contributed by atoms with Crippen molar-refractivity contribution < 1.29 is 0 Å². The Hall–Kier alpha value is -1.28. The van der Waals surface area contributed by atoms with E-state index >= 15 is 0 Å². The van der Waals surface area contributed by atoms with E-state index in [-0.39, 0.29) is 10.2 Å². The van der Waals surface area contributed by atoms with Gasteiger partial charge in [0.25, 0.3) is 0 Å². The minimum atomic E-state index is 0.210. The zero-order valence-electron chi connectivity index (χ0n) is 13.5. The molecule has 0 aliphatic rings. The lowest BCUT2D eigenvalue weighted by atomic mass is 10.1. The minimum Gasteiger partial charge on any atom is -0.375 e. The van der Waals surface area contributed by atoms with E-state index in [4.69, 9.17) is 35.9 Å². The van der Waals surface area contributed by atoms with Crippen molar-refractivity contribution in [2.24, 2.45) is 21.7 Å². The van der Waals surface area contributed by atoms with Crippen molar-refractivity contribution in [3.05, 3.63) is 0 Å². The largest absolute Gasteiger partial charge is 0.375 e. The number of hydrogen-bond donors (Lipinski definition) is 4. The van der Waals surface area contributed by atoms with Crippen LogP contribution >= 0.6 is 24.4 Å². The van der Waals surface area contributed by atoms with E-state index in [9.17, 15) is 0 Å². The molecule has 0 aromatic heterocycles. The van der Waals surface area contributed by atoms with Crippen molar-refractivity contribution >= 4 is 46.1 Å². The summed E-state index contributed by atoms with van der Waals surface area (Å²) in [4.78, 5) is 0. The zero-order chi connectivity index (χ0) is 16.8. The summed E-state index contributed by atoms with van der Waals surface area (Å²) in [6, 6.07) is 0.